The van der Waals surface area contributed by atoms with E-state index >= 15 is 0 Å². The van der Waals surface area contributed by atoms with E-state index in [1.165, 1.54) is 23.0 Å². The number of benzene rings is 1. The maximum atomic E-state index is 11.7. The van der Waals surface area contributed by atoms with Crippen molar-refractivity contribution in [2.45, 2.75) is 13.0 Å². The van der Waals surface area contributed by atoms with E-state index in [-0.39, 0.29) is 29.5 Å². The number of non-ortho nitro benzene ring substituents is 1. The zero-order valence-electron chi connectivity index (χ0n) is 10.3. The minimum Gasteiger partial charge on any atom is -0.506 e. The van der Waals surface area contributed by atoms with Crippen molar-refractivity contribution in [2.24, 2.45) is 0 Å². The predicted octanol–water partition coefficient (Wildman–Crippen LogP) is 0.921. The molecule has 0 saturated carbocycles. The summed E-state index contributed by atoms with van der Waals surface area (Å²) in [5, 5.41) is 29.9. The van der Waals surface area contributed by atoms with Gasteiger partial charge in [-0.15, -0.1) is 5.10 Å². The van der Waals surface area contributed by atoms with Crippen molar-refractivity contribution in [1.29, 1.82) is 0 Å². The summed E-state index contributed by atoms with van der Waals surface area (Å²) in [4.78, 5) is 21.5. The highest BCUT2D eigenvalue weighted by Crippen LogP contribution is 2.27. The minimum absolute atomic E-state index is 0.124. The van der Waals surface area contributed by atoms with Crippen molar-refractivity contribution in [3.8, 4) is 5.75 Å². The van der Waals surface area contributed by atoms with E-state index in [0.717, 1.165) is 6.07 Å². The fraction of sp³-hybridized carbons (Fsp3) is 0.182. The Bertz CT molecular complexity index is 626. The highest BCUT2D eigenvalue weighted by atomic mass is 16.6. The summed E-state index contributed by atoms with van der Waals surface area (Å²) in [5.74, 6) is -0.696. The first-order valence-electron chi connectivity index (χ1n) is 5.67. The van der Waals surface area contributed by atoms with Crippen molar-refractivity contribution < 1.29 is 14.8 Å². The van der Waals surface area contributed by atoms with Gasteiger partial charge in [-0.2, -0.15) is 0 Å². The van der Waals surface area contributed by atoms with Gasteiger partial charge in [0.05, 0.1) is 29.4 Å². The highest BCUT2D eigenvalue weighted by molar-refractivity contribution is 5.92. The Morgan fingerprint density at radius 3 is 2.90 bits per heavy atom. The number of aryl methyl sites for hydroxylation is 1. The van der Waals surface area contributed by atoms with Crippen LogP contribution < -0.4 is 5.32 Å². The molecular weight excluding hydrogens is 266 g/mol. The second kappa shape index (κ2) is 5.78. The number of anilines is 1. The lowest BCUT2D eigenvalue weighted by atomic mass is 10.2. The molecule has 9 heteroatoms. The molecule has 0 saturated heterocycles. The van der Waals surface area contributed by atoms with Gasteiger partial charge in [-0.1, -0.05) is 5.21 Å². The van der Waals surface area contributed by atoms with E-state index in [9.17, 15) is 20.0 Å². The second-order valence-corrected chi connectivity index (χ2v) is 3.92. The van der Waals surface area contributed by atoms with Crippen LogP contribution in [0.5, 0.6) is 5.75 Å². The van der Waals surface area contributed by atoms with E-state index in [1.807, 2.05) is 0 Å². The summed E-state index contributed by atoms with van der Waals surface area (Å²) < 4.78 is 1.50. The van der Waals surface area contributed by atoms with Crippen LogP contribution >= 0.6 is 0 Å². The molecule has 0 radical (unpaired) electrons. The number of amides is 1. The molecule has 1 aromatic heterocycles. The second-order valence-electron chi connectivity index (χ2n) is 3.92. The molecule has 9 nitrogen and oxygen atoms in total. The van der Waals surface area contributed by atoms with E-state index in [1.54, 1.807) is 6.20 Å². The summed E-state index contributed by atoms with van der Waals surface area (Å²) in [7, 11) is 0. The number of aromatic hydroxyl groups is 1. The van der Waals surface area contributed by atoms with Gasteiger partial charge in [0, 0.05) is 18.7 Å². The lowest BCUT2D eigenvalue weighted by Crippen LogP contribution is -2.15. The zero-order valence-corrected chi connectivity index (χ0v) is 10.3. The average Bonchev–Trinajstić information content (AvgIpc) is 2.91. The SMILES string of the molecule is O=C(CCn1ccnn1)Nc1ccc([N+](=O)[O-])cc1O. The minimum atomic E-state index is -0.629. The highest BCUT2D eigenvalue weighted by Gasteiger charge is 2.12. The number of hydrogen-bond acceptors (Lipinski definition) is 6. The molecule has 1 amide bonds. The number of nitrogens with zero attached hydrogens (tertiary/aromatic N) is 4. The first-order chi connectivity index (χ1) is 9.56. The number of phenols is 1. The molecule has 20 heavy (non-hydrogen) atoms. The molecule has 2 aromatic rings. The van der Waals surface area contributed by atoms with Gasteiger partial charge >= 0.3 is 0 Å². The summed E-state index contributed by atoms with van der Waals surface area (Å²) in [6.07, 6.45) is 3.26. The first-order valence-corrected chi connectivity index (χ1v) is 5.67. The molecule has 2 rings (SSSR count). The number of nitro benzene ring substituents is 1. The number of nitrogens with one attached hydrogen (secondary N) is 1. The third kappa shape index (κ3) is 3.28. The quantitative estimate of drug-likeness (QED) is 0.476. The van der Waals surface area contributed by atoms with Crippen LogP contribution in [-0.4, -0.2) is 30.9 Å². The number of nitro groups is 1. The van der Waals surface area contributed by atoms with Gasteiger partial charge in [0.2, 0.25) is 5.91 Å². The Morgan fingerprint density at radius 1 is 1.50 bits per heavy atom. The number of aromatic nitrogens is 3. The van der Waals surface area contributed by atoms with Crippen LogP contribution in [0.1, 0.15) is 6.42 Å². The van der Waals surface area contributed by atoms with E-state index in [0.29, 0.717) is 6.54 Å². The van der Waals surface area contributed by atoms with Gasteiger partial charge in [0.15, 0.2) is 0 Å². The Kier molecular flexibility index (Phi) is 3.89. The third-order valence-electron chi connectivity index (χ3n) is 2.51. The molecule has 0 spiro atoms. The van der Waals surface area contributed by atoms with Crippen LogP contribution in [0.2, 0.25) is 0 Å². The number of phenolic OH excluding ortho intramolecular Hbond substituents is 1. The monoisotopic (exact) mass is 277 g/mol. The van der Waals surface area contributed by atoms with Crippen LogP contribution in [-0.2, 0) is 11.3 Å². The molecule has 0 atom stereocenters. The first kappa shape index (κ1) is 13.5. The van der Waals surface area contributed by atoms with Crippen molar-refractivity contribution >= 4 is 17.3 Å². The summed E-state index contributed by atoms with van der Waals surface area (Å²) in [6, 6.07) is 3.46. The summed E-state index contributed by atoms with van der Waals surface area (Å²) in [5.41, 5.74) is -0.123. The number of hydrogen-bond donors (Lipinski definition) is 2. The fourth-order valence-electron chi connectivity index (χ4n) is 1.52. The van der Waals surface area contributed by atoms with Gasteiger partial charge < -0.3 is 10.4 Å². The Labute approximate surface area is 113 Å². The van der Waals surface area contributed by atoms with Gasteiger partial charge in [-0.05, 0) is 6.07 Å². The molecule has 1 aromatic carbocycles. The maximum absolute atomic E-state index is 11.7. The summed E-state index contributed by atoms with van der Waals surface area (Å²) in [6.45, 7) is 0.347. The lowest BCUT2D eigenvalue weighted by Gasteiger charge is -2.07. The Balaban J connectivity index is 1.95. The van der Waals surface area contributed by atoms with Crippen LogP contribution in [0.15, 0.2) is 30.6 Å². The normalized spacial score (nSPS) is 10.2. The lowest BCUT2D eigenvalue weighted by molar-refractivity contribution is -0.384. The molecule has 0 bridgehead atoms. The molecule has 104 valence electrons. The molecule has 0 unspecified atom stereocenters. The molecule has 0 aliphatic rings. The fourth-order valence-corrected chi connectivity index (χ4v) is 1.52. The van der Waals surface area contributed by atoms with Gasteiger partial charge in [-0.3, -0.25) is 19.6 Å². The van der Waals surface area contributed by atoms with Crippen molar-refractivity contribution in [2.75, 3.05) is 5.32 Å². The number of carbonyl (C=O) groups excluding carboxylic acids is 1. The number of rotatable bonds is 5. The molecular formula is C11H11N5O4. The topological polar surface area (TPSA) is 123 Å². The predicted molar refractivity (Wildman–Crippen MR) is 68.0 cm³/mol. The Morgan fingerprint density at radius 2 is 2.30 bits per heavy atom. The van der Waals surface area contributed by atoms with Crippen molar-refractivity contribution in [3.63, 3.8) is 0 Å². The maximum Gasteiger partial charge on any atom is 0.273 e. The molecule has 0 aliphatic heterocycles. The van der Waals surface area contributed by atoms with Crippen LogP contribution in [0.25, 0.3) is 0 Å². The third-order valence-corrected chi connectivity index (χ3v) is 2.51. The Hall–Kier alpha value is -2.97. The molecule has 0 fully saturated rings. The van der Waals surface area contributed by atoms with E-state index in [4.69, 9.17) is 0 Å². The van der Waals surface area contributed by atoms with Crippen LogP contribution in [0.4, 0.5) is 11.4 Å². The smallest absolute Gasteiger partial charge is 0.273 e. The molecule has 1 heterocycles. The largest absolute Gasteiger partial charge is 0.506 e. The molecule has 2 N–H and O–H groups in total. The van der Waals surface area contributed by atoms with Crippen LogP contribution in [0.3, 0.4) is 0 Å². The average molecular weight is 277 g/mol. The van der Waals surface area contributed by atoms with Gasteiger partial charge in [0.1, 0.15) is 5.75 Å². The van der Waals surface area contributed by atoms with E-state index in [2.05, 4.69) is 15.6 Å². The standard InChI is InChI=1S/C11H11N5O4/c17-10-7-8(16(19)20)1-2-9(10)13-11(18)3-5-15-6-4-12-14-15/h1-2,4,6-7,17H,3,5H2,(H,13,18). The summed E-state index contributed by atoms with van der Waals surface area (Å²) >= 11 is 0. The van der Waals surface area contributed by atoms with Gasteiger partial charge in [-0.25, -0.2) is 0 Å². The van der Waals surface area contributed by atoms with E-state index < -0.39 is 4.92 Å². The van der Waals surface area contributed by atoms with Crippen LogP contribution in [0, 0.1) is 10.1 Å². The number of carbonyl (C=O) groups is 1. The molecule has 0 aliphatic carbocycles. The van der Waals surface area contributed by atoms with Gasteiger partial charge in [0.25, 0.3) is 5.69 Å². The van der Waals surface area contributed by atoms with Crippen molar-refractivity contribution in [1.82, 2.24) is 15.0 Å². The van der Waals surface area contributed by atoms with Crippen molar-refractivity contribution in [3.05, 3.63) is 40.7 Å². The zero-order chi connectivity index (χ0) is 14.5.